The van der Waals surface area contributed by atoms with Gasteiger partial charge in [-0.3, -0.25) is 19.1 Å². The Kier molecular flexibility index (Phi) is 8.43. The van der Waals surface area contributed by atoms with Gasteiger partial charge in [0.1, 0.15) is 6.54 Å². The van der Waals surface area contributed by atoms with Crippen LogP contribution in [0.1, 0.15) is 33.1 Å². The number of anilines is 1. The first-order valence-corrected chi connectivity index (χ1v) is 13.8. The number of nitrogens with one attached hydrogen (secondary N) is 2. The number of nitrogens with zero attached hydrogens (tertiary/aromatic N) is 7. The van der Waals surface area contributed by atoms with E-state index >= 15 is 0 Å². The molecule has 0 aliphatic carbocycles. The average Bonchev–Trinajstić information content (AvgIpc) is 3.54. The van der Waals surface area contributed by atoms with Crippen LogP contribution in [0.4, 0.5) is 18.9 Å². The Hall–Kier alpha value is -4.42. The summed E-state index contributed by atoms with van der Waals surface area (Å²) < 4.78 is 42.8. The van der Waals surface area contributed by atoms with Crippen molar-refractivity contribution in [2.75, 3.05) is 44.6 Å². The second kappa shape index (κ2) is 12.1. The lowest BCUT2D eigenvalue weighted by Crippen LogP contribution is -2.52. The highest BCUT2D eigenvalue weighted by Gasteiger charge is 2.38. The Morgan fingerprint density at radius 1 is 1.16 bits per heavy atom. The molecule has 2 N–H and O–H groups in total. The van der Waals surface area contributed by atoms with Crippen molar-refractivity contribution in [3.05, 3.63) is 52.7 Å². The highest BCUT2D eigenvalue weighted by Crippen LogP contribution is 2.36. The van der Waals surface area contributed by atoms with Gasteiger partial charge < -0.3 is 25.0 Å². The molecule has 0 spiro atoms. The van der Waals surface area contributed by atoms with Gasteiger partial charge in [-0.1, -0.05) is 11.6 Å². The number of carbonyl (C=O) groups is 3. The van der Waals surface area contributed by atoms with Gasteiger partial charge in [-0.15, -0.1) is 0 Å². The number of hydrogen-bond acceptors (Lipinski definition) is 7. The maximum Gasteiger partial charge on any atom is 0.435 e. The van der Waals surface area contributed by atoms with Crippen LogP contribution in [0.25, 0.3) is 11.3 Å². The third kappa shape index (κ3) is 6.35. The zero-order valence-corrected chi connectivity index (χ0v) is 23.7. The number of hydrogen-bond donors (Lipinski definition) is 2. The topological polar surface area (TPSA) is 141 Å². The number of benzene rings is 1. The number of piperazine rings is 1. The molecule has 2 aliphatic heterocycles. The summed E-state index contributed by atoms with van der Waals surface area (Å²) in [5.41, 5.74) is -1.09. The molecule has 0 radical (unpaired) electrons. The first-order valence-electron chi connectivity index (χ1n) is 13.4. The van der Waals surface area contributed by atoms with Gasteiger partial charge >= 0.3 is 6.18 Å². The number of nitriles is 1. The van der Waals surface area contributed by atoms with Gasteiger partial charge in [0.05, 0.1) is 34.1 Å². The van der Waals surface area contributed by atoms with Crippen LogP contribution in [0, 0.1) is 17.2 Å². The second-order valence-electron chi connectivity index (χ2n) is 10.3. The van der Waals surface area contributed by atoms with Gasteiger partial charge in [-0.05, 0) is 37.2 Å². The van der Waals surface area contributed by atoms with Crippen LogP contribution < -0.4 is 10.6 Å². The van der Waals surface area contributed by atoms with Gasteiger partial charge in [0, 0.05) is 51.5 Å². The second-order valence-corrected chi connectivity index (χ2v) is 10.7. The molecule has 0 unspecified atom stereocenters. The number of carbonyl (C=O) groups excluding carboxylic acids is 3. The normalized spacial score (nSPS) is 15.6. The van der Waals surface area contributed by atoms with E-state index in [0.717, 1.165) is 30.2 Å². The summed E-state index contributed by atoms with van der Waals surface area (Å²) in [6.07, 6.45) is -2.10. The lowest BCUT2D eigenvalue weighted by Gasteiger charge is -2.36. The minimum Gasteiger partial charge on any atom is -0.339 e. The number of aromatic nitrogens is 4. The molecule has 5 rings (SSSR count). The number of rotatable bonds is 7. The molecule has 0 saturated carbocycles. The molecule has 0 atom stereocenters. The average molecular weight is 618 g/mol. The summed E-state index contributed by atoms with van der Waals surface area (Å²) in [5.74, 6) is -0.753. The summed E-state index contributed by atoms with van der Waals surface area (Å²) in [5, 5.41) is 18.2. The fraction of sp³-hybridized carbons (Fsp3) is 0.407. The van der Waals surface area contributed by atoms with E-state index in [-0.39, 0.29) is 51.7 Å². The molecule has 1 aromatic carbocycles. The summed E-state index contributed by atoms with van der Waals surface area (Å²) in [6, 6.07) is 6.10. The van der Waals surface area contributed by atoms with E-state index in [1.807, 2.05) is 0 Å². The van der Waals surface area contributed by atoms with Gasteiger partial charge in [-0.2, -0.15) is 23.5 Å². The van der Waals surface area contributed by atoms with Crippen LogP contribution in [0.5, 0.6) is 0 Å². The fourth-order valence-electron chi connectivity index (χ4n) is 4.99. The predicted molar refractivity (Wildman–Crippen MR) is 148 cm³/mol. The van der Waals surface area contributed by atoms with Crippen LogP contribution in [0.15, 0.2) is 30.6 Å². The highest BCUT2D eigenvalue weighted by atomic mass is 35.5. The molecule has 226 valence electrons. The monoisotopic (exact) mass is 617 g/mol. The van der Waals surface area contributed by atoms with Gasteiger partial charge in [-0.25, -0.2) is 4.98 Å². The Labute approximate surface area is 249 Å². The maximum atomic E-state index is 13.6. The van der Waals surface area contributed by atoms with Crippen LogP contribution in [-0.4, -0.2) is 86.1 Å². The smallest absolute Gasteiger partial charge is 0.339 e. The molecule has 43 heavy (non-hydrogen) atoms. The lowest BCUT2D eigenvalue weighted by atomic mass is 9.98. The Balaban J connectivity index is 1.24. The van der Waals surface area contributed by atoms with Gasteiger partial charge in [0.2, 0.25) is 5.91 Å². The molecule has 3 amide bonds. The predicted octanol–water partition coefficient (Wildman–Crippen LogP) is 2.63. The summed E-state index contributed by atoms with van der Waals surface area (Å²) in [4.78, 5) is 46.0. The Bertz CT molecular complexity index is 1600. The van der Waals surface area contributed by atoms with E-state index in [9.17, 15) is 27.6 Å². The lowest BCUT2D eigenvalue weighted by molar-refractivity contribution is -0.141. The molecule has 0 bridgehead atoms. The van der Waals surface area contributed by atoms with Crippen LogP contribution in [0.3, 0.4) is 0 Å². The number of halogens is 4. The molecule has 2 fully saturated rings. The van der Waals surface area contributed by atoms with Gasteiger partial charge in [0.15, 0.2) is 11.5 Å². The first kappa shape index (κ1) is 30.1. The summed E-state index contributed by atoms with van der Waals surface area (Å²) in [6.45, 7) is 2.92. The minimum absolute atomic E-state index is 0.0255. The van der Waals surface area contributed by atoms with E-state index < -0.39 is 17.8 Å². The van der Waals surface area contributed by atoms with Crippen molar-refractivity contribution in [3.63, 3.8) is 0 Å². The number of imidazole rings is 1. The van der Waals surface area contributed by atoms with E-state index in [1.54, 1.807) is 15.9 Å². The Morgan fingerprint density at radius 2 is 1.86 bits per heavy atom. The number of alkyl halides is 3. The van der Waals surface area contributed by atoms with Crippen molar-refractivity contribution < 1.29 is 27.6 Å². The molecule has 3 aromatic rings. The zero-order valence-electron chi connectivity index (χ0n) is 23.0. The molecule has 2 aromatic heterocycles. The van der Waals surface area contributed by atoms with E-state index in [1.165, 1.54) is 29.8 Å². The first-order chi connectivity index (χ1) is 20.5. The van der Waals surface area contributed by atoms with Crippen molar-refractivity contribution in [3.8, 4) is 17.3 Å². The van der Waals surface area contributed by atoms with E-state index in [2.05, 4.69) is 20.7 Å². The molecule has 2 aliphatic rings. The van der Waals surface area contributed by atoms with Crippen molar-refractivity contribution in [2.24, 2.45) is 13.0 Å². The fourth-order valence-corrected chi connectivity index (χ4v) is 5.26. The van der Waals surface area contributed by atoms with E-state index in [4.69, 9.17) is 16.9 Å². The van der Waals surface area contributed by atoms with Crippen LogP contribution in [-0.2, 0) is 24.6 Å². The number of amides is 3. The third-order valence-corrected chi connectivity index (χ3v) is 7.75. The third-order valence-electron chi connectivity index (χ3n) is 7.44. The molecule has 12 nitrogen and oxygen atoms in total. The summed E-state index contributed by atoms with van der Waals surface area (Å²) in [7, 11) is 1.38. The molecule has 2 saturated heterocycles. The molecule has 4 heterocycles. The zero-order chi connectivity index (χ0) is 30.9. The quantitative estimate of drug-likeness (QED) is 0.415. The highest BCUT2D eigenvalue weighted by molar-refractivity contribution is 6.34. The van der Waals surface area contributed by atoms with Gasteiger partial charge in [0.25, 0.3) is 11.8 Å². The van der Waals surface area contributed by atoms with E-state index in [0.29, 0.717) is 38.5 Å². The molecular formula is C27H27ClF3N9O3. The minimum atomic E-state index is -4.79. The summed E-state index contributed by atoms with van der Waals surface area (Å²) >= 11 is 6.41. The maximum absolute atomic E-state index is 13.6. The largest absolute Gasteiger partial charge is 0.435 e. The van der Waals surface area contributed by atoms with Crippen LogP contribution in [0.2, 0.25) is 5.02 Å². The van der Waals surface area contributed by atoms with Crippen molar-refractivity contribution in [2.45, 2.75) is 19.1 Å². The van der Waals surface area contributed by atoms with Crippen molar-refractivity contribution in [1.29, 1.82) is 5.26 Å². The van der Waals surface area contributed by atoms with Crippen LogP contribution >= 0.6 is 11.6 Å². The van der Waals surface area contributed by atoms with Crippen molar-refractivity contribution >= 4 is 35.0 Å². The van der Waals surface area contributed by atoms with Crippen molar-refractivity contribution in [1.82, 2.24) is 34.4 Å². The standard InChI is InChI=1S/C27H27ClF3N9O3/c1-37-21(19-15-40(5-4-32)36-23(19)27(29,30)31)14-34-24(37)25(42)35-17-2-3-18(20(28)11-17)26(43)39-8-6-38(7-9-39)22(41)10-16-12-33-13-16/h2-3,11,14-16,33H,5-10,12-13H2,1H3,(H,35,42). The molecular weight excluding hydrogens is 591 g/mol. The SMILES string of the molecule is Cn1c(-c2cn(CC#N)nc2C(F)(F)F)cnc1C(=O)Nc1ccc(C(=O)N2CCN(C(=O)CC3CNC3)CC2)c(Cl)c1. The molecule has 16 heteroatoms. The Morgan fingerprint density at radius 3 is 2.47 bits per heavy atom.